The van der Waals surface area contributed by atoms with Gasteiger partial charge in [-0.3, -0.25) is 4.79 Å². The fraction of sp³-hybridized carbons (Fsp3) is 0.286. The van der Waals surface area contributed by atoms with Crippen LogP contribution >= 0.6 is 0 Å². The summed E-state index contributed by atoms with van der Waals surface area (Å²) in [6.45, 7) is 3.14. The zero-order valence-electron chi connectivity index (χ0n) is 11.2. The summed E-state index contributed by atoms with van der Waals surface area (Å²) in [6, 6.07) is 3.78. The number of ether oxygens (including phenoxy) is 1. The topological polar surface area (TPSA) is 67.4 Å². The summed E-state index contributed by atoms with van der Waals surface area (Å²) in [5.41, 5.74) is 1.82. The molecule has 20 heavy (non-hydrogen) atoms. The number of benzene rings is 1. The largest absolute Gasteiger partial charge is 0.465 e. The average molecular weight is 278 g/mol. The zero-order chi connectivity index (χ0) is 14.7. The van der Waals surface area contributed by atoms with Crippen LogP contribution < -0.4 is 10.6 Å². The van der Waals surface area contributed by atoms with Gasteiger partial charge in [-0.15, -0.1) is 0 Å². The molecule has 0 aliphatic carbocycles. The molecular formula is C14H15FN2O3. The molecule has 1 aromatic rings. The molecule has 6 heteroatoms. The molecule has 1 aromatic carbocycles. The van der Waals surface area contributed by atoms with E-state index in [1.54, 1.807) is 6.92 Å². The van der Waals surface area contributed by atoms with Gasteiger partial charge in [0.1, 0.15) is 5.82 Å². The van der Waals surface area contributed by atoms with Crippen LogP contribution in [0.15, 0.2) is 29.3 Å². The Hall–Kier alpha value is -2.21. The molecule has 106 valence electrons. The highest BCUT2D eigenvalue weighted by molar-refractivity contribution is 6.04. The van der Waals surface area contributed by atoms with Gasteiger partial charge in [-0.1, -0.05) is 0 Å². The third-order valence-corrected chi connectivity index (χ3v) is 3.18. The van der Waals surface area contributed by atoms with Crippen LogP contribution in [-0.2, 0) is 9.53 Å². The van der Waals surface area contributed by atoms with Gasteiger partial charge in [0.25, 0.3) is 5.91 Å². The highest BCUT2D eigenvalue weighted by Crippen LogP contribution is 2.17. The van der Waals surface area contributed by atoms with Crippen molar-refractivity contribution >= 4 is 17.6 Å². The molecule has 5 nitrogen and oxygen atoms in total. The molecule has 1 saturated heterocycles. The third kappa shape index (κ3) is 2.85. The monoisotopic (exact) mass is 278 g/mol. The van der Waals surface area contributed by atoms with Crippen LogP contribution in [0.3, 0.4) is 0 Å². The van der Waals surface area contributed by atoms with Crippen molar-refractivity contribution in [1.82, 2.24) is 5.32 Å². The lowest BCUT2D eigenvalue weighted by Gasteiger charge is -2.21. The Morgan fingerprint density at radius 2 is 2.05 bits per heavy atom. The van der Waals surface area contributed by atoms with E-state index < -0.39 is 11.8 Å². The van der Waals surface area contributed by atoms with Crippen molar-refractivity contribution < 1.29 is 18.7 Å². The molecule has 0 spiro atoms. The van der Waals surface area contributed by atoms with E-state index in [1.165, 1.54) is 19.2 Å². The van der Waals surface area contributed by atoms with Crippen LogP contribution in [0.4, 0.5) is 10.1 Å². The van der Waals surface area contributed by atoms with Gasteiger partial charge in [-0.25, -0.2) is 9.18 Å². The summed E-state index contributed by atoms with van der Waals surface area (Å²) in [4.78, 5) is 23.4. The van der Waals surface area contributed by atoms with Gasteiger partial charge in [0.15, 0.2) is 0 Å². The number of nitrogens with one attached hydrogen (secondary N) is 2. The molecule has 1 fully saturated rings. The number of carbonyl (C=O) groups is 2. The van der Waals surface area contributed by atoms with Crippen LogP contribution in [0.1, 0.15) is 17.3 Å². The van der Waals surface area contributed by atoms with Gasteiger partial charge in [0.05, 0.1) is 12.7 Å². The Morgan fingerprint density at radius 3 is 2.60 bits per heavy atom. The number of anilines is 1. The Kier molecular flexibility index (Phi) is 4.14. The molecule has 2 N–H and O–H groups in total. The van der Waals surface area contributed by atoms with Gasteiger partial charge in [0, 0.05) is 24.4 Å². The Bertz CT molecular complexity index is 590. The zero-order valence-corrected chi connectivity index (χ0v) is 11.2. The van der Waals surface area contributed by atoms with Crippen molar-refractivity contribution in [2.75, 3.05) is 25.5 Å². The minimum absolute atomic E-state index is 0.207. The van der Waals surface area contributed by atoms with Crippen LogP contribution in [0.5, 0.6) is 0 Å². The molecular weight excluding hydrogens is 263 g/mol. The number of esters is 1. The second kappa shape index (κ2) is 5.83. The van der Waals surface area contributed by atoms with Crippen molar-refractivity contribution in [3.05, 3.63) is 40.7 Å². The molecule has 0 saturated carbocycles. The first-order valence-electron chi connectivity index (χ1n) is 6.11. The lowest BCUT2D eigenvalue weighted by molar-refractivity contribution is -0.112. The predicted octanol–water partition coefficient (Wildman–Crippen LogP) is 1.47. The van der Waals surface area contributed by atoms with E-state index in [1.807, 2.05) is 0 Å². The maximum absolute atomic E-state index is 13.5. The van der Waals surface area contributed by atoms with Crippen molar-refractivity contribution in [3.8, 4) is 0 Å². The van der Waals surface area contributed by atoms with E-state index in [4.69, 9.17) is 0 Å². The molecule has 1 aliphatic heterocycles. The van der Waals surface area contributed by atoms with Crippen molar-refractivity contribution in [2.45, 2.75) is 6.92 Å². The first-order chi connectivity index (χ1) is 9.52. The van der Waals surface area contributed by atoms with Crippen LogP contribution in [0, 0.1) is 5.82 Å². The number of methoxy groups -OCH3 is 1. The summed E-state index contributed by atoms with van der Waals surface area (Å²) in [7, 11) is 1.17. The second-order valence-electron chi connectivity index (χ2n) is 4.47. The van der Waals surface area contributed by atoms with E-state index in [0.29, 0.717) is 24.4 Å². The number of hydrogen-bond acceptors (Lipinski definition) is 4. The summed E-state index contributed by atoms with van der Waals surface area (Å²) >= 11 is 0. The number of halogens is 1. The molecule has 2 rings (SSSR count). The molecule has 1 aliphatic rings. The van der Waals surface area contributed by atoms with Gasteiger partial charge >= 0.3 is 5.97 Å². The molecule has 1 amide bonds. The Balaban J connectivity index is 2.18. The van der Waals surface area contributed by atoms with Gasteiger partial charge in [0.2, 0.25) is 0 Å². The van der Waals surface area contributed by atoms with Gasteiger partial charge < -0.3 is 15.4 Å². The lowest BCUT2D eigenvalue weighted by atomic mass is 10.0. The number of hydrogen-bond donors (Lipinski definition) is 2. The fourth-order valence-corrected chi connectivity index (χ4v) is 1.77. The second-order valence-corrected chi connectivity index (χ2v) is 4.47. The molecule has 0 bridgehead atoms. The Labute approximate surface area is 115 Å². The van der Waals surface area contributed by atoms with E-state index in [2.05, 4.69) is 15.4 Å². The molecule has 0 aromatic heterocycles. The predicted molar refractivity (Wildman–Crippen MR) is 71.9 cm³/mol. The quantitative estimate of drug-likeness (QED) is 0.649. The summed E-state index contributed by atoms with van der Waals surface area (Å²) in [6.07, 6.45) is 0. The van der Waals surface area contributed by atoms with E-state index in [-0.39, 0.29) is 11.5 Å². The lowest BCUT2D eigenvalue weighted by Crippen LogP contribution is -2.36. The van der Waals surface area contributed by atoms with Crippen molar-refractivity contribution in [2.24, 2.45) is 0 Å². The normalized spacial score (nSPS) is 13.4. The fourth-order valence-electron chi connectivity index (χ4n) is 1.77. The Morgan fingerprint density at radius 1 is 1.35 bits per heavy atom. The summed E-state index contributed by atoms with van der Waals surface area (Å²) < 4.78 is 17.9. The van der Waals surface area contributed by atoms with Crippen LogP contribution in [-0.4, -0.2) is 32.1 Å². The molecule has 0 unspecified atom stereocenters. The number of carbonyl (C=O) groups excluding carboxylic acids is 2. The van der Waals surface area contributed by atoms with Crippen LogP contribution in [0.2, 0.25) is 0 Å². The van der Waals surface area contributed by atoms with Gasteiger partial charge in [-0.05, 0) is 30.7 Å². The highest BCUT2D eigenvalue weighted by Gasteiger charge is 2.17. The first-order valence-corrected chi connectivity index (χ1v) is 6.11. The molecule has 0 radical (unpaired) electrons. The van der Waals surface area contributed by atoms with Gasteiger partial charge in [-0.2, -0.15) is 0 Å². The van der Waals surface area contributed by atoms with Crippen LogP contribution in [0.25, 0.3) is 0 Å². The molecule has 1 heterocycles. The van der Waals surface area contributed by atoms with E-state index >= 15 is 0 Å². The maximum atomic E-state index is 13.5. The summed E-state index contributed by atoms with van der Waals surface area (Å²) in [5, 5.41) is 5.69. The van der Waals surface area contributed by atoms with E-state index in [0.717, 1.165) is 11.6 Å². The summed E-state index contributed by atoms with van der Waals surface area (Å²) in [5.74, 6) is -1.73. The standard InChI is InChI=1S/C14H15FN2O3/c1-8(9-6-16-7-9)13(18)17-10-3-4-12(15)11(5-10)14(19)20-2/h3-5,16H,6-7H2,1-2H3,(H,17,18). The van der Waals surface area contributed by atoms with Crippen molar-refractivity contribution in [1.29, 1.82) is 0 Å². The minimum atomic E-state index is -0.781. The SMILES string of the molecule is COC(=O)c1cc(NC(=O)C(C)=C2CNC2)ccc1F. The third-order valence-electron chi connectivity index (χ3n) is 3.18. The highest BCUT2D eigenvalue weighted by atomic mass is 19.1. The average Bonchev–Trinajstić information content (AvgIpc) is 2.38. The maximum Gasteiger partial charge on any atom is 0.340 e. The molecule has 0 atom stereocenters. The number of rotatable bonds is 3. The minimum Gasteiger partial charge on any atom is -0.465 e. The number of amides is 1. The smallest absolute Gasteiger partial charge is 0.340 e. The van der Waals surface area contributed by atoms with Crippen molar-refractivity contribution in [3.63, 3.8) is 0 Å². The van der Waals surface area contributed by atoms with E-state index in [9.17, 15) is 14.0 Å². The first kappa shape index (κ1) is 14.2.